The number of aliphatic hydroxyl groups excluding tert-OH is 1. The van der Waals surface area contributed by atoms with E-state index in [-0.39, 0.29) is 17.4 Å². The fourth-order valence-corrected chi connectivity index (χ4v) is 3.43. The van der Waals surface area contributed by atoms with E-state index in [0.29, 0.717) is 13.0 Å². The molecule has 4 heteroatoms. The van der Waals surface area contributed by atoms with Crippen LogP contribution in [0.5, 0.6) is 0 Å². The lowest BCUT2D eigenvalue weighted by molar-refractivity contribution is -0.133. The van der Waals surface area contributed by atoms with Gasteiger partial charge in [-0.2, -0.15) is 0 Å². The molecule has 1 amide bonds. The lowest BCUT2D eigenvalue weighted by Crippen LogP contribution is -2.48. The number of carbonyl (C=O) groups excluding carboxylic acids is 1. The molecule has 0 aliphatic heterocycles. The van der Waals surface area contributed by atoms with Crippen LogP contribution in [0, 0.1) is 5.41 Å². The van der Waals surface area contributed by atoms with Crippen molar-refractivity contribution in [2.45, 2.75) is 57.6 Å². The molecule has 2 unspecified atom stereocenters. The summed E-state index contributed by atoms with van der Waals surface area (Å²) in [6.07, 6.45) is 4.76. The average molecular weight is 319 g/mol. The maximum absolute atomic E-state index is 12.8. The fraction of sp³-hybridized carbons (Fsp3) is 0.632. The molecule has 1 saturated carbocycles. The highest BCUT2D eigenvalue weighted by atomic mass is 16.5. The van der Waals surface area contributed by atoms with Crippen LogP contribution in [0.15, 0.2) is 30.3 Å². The Morgan fingerprint density at radius 3 is 2.57 bits per heavy atom. The summed E-state index contributed by atoms with van der Waals surface area (Å²) in [5, 5.41) is 13.4. The van der Waals surface area contributed by atoms with Gasteiger partial charge in [0.25, 0.3) is 0 Å². The van der Waals surface area contributed by atoms with E-state index in [0.717, 1.165) is 37.7 Å². The third-order valence-electron chi connectivity index (χ3n) is 5.05. The molecule has 0 spiro atoms. The summed E-state index contributed by atoms with van der Waals surface area (Å²) < 4.78 is 5.18. The number of nitrogens with one attached hydrogen (secondary N) is 1. The van der Waals surface area contributed by atoms with Crippen molar-refractivity contribution in [1.82, 2.24) is 5.32 Å². The van der Waals surface area contributed by atoms with Crippen molar-refractivity contribution in [3.8, 4) is 0 Å². The van der Waals surface area contributed by atoms with Crippen molar-refractivity contribution in [3.05, 3.63) is 35.9 Å². The molecule has 128 valence electrons. The van der Waals surface area contributed by atoms with Gasteiger partial charge in [-0.3, -0.25) is 4.79 Å². The molecule has 2 N–H and O–H groups in total. The van der Waals surface area contributed by atoms with E-state index in [1.165, 1.54) is 0 Å². The van der Waals surface area contributed by atoms with Crippen LogP contribution >= 0.6 is 0 Å². The Bertz CT molecular complexity index is 483. The second-order valence-corrected chi connectivity index (χ2v) is 6.75. The summed E-state index contributed by atoms with van der Waals surface area (Å²) >= 11 is 0. The van der Waals surface area contributed by atoms with Gasteiger partial charge >= 0.3 is 0 Å². The Morgan fingerprint density at radius 1 is 1.30 bits per heavy atom. The highest BCUT2D eigenvalue weighted by Gasteiger charge is 2.41. The first kappa shape index (κ1) is 18.0. The average Bonchev–Trinajstić information content (AvgIpc) is 3.04. The van der Waals surface area contributed by atoms with Crippen LogP contribution in [0.25, 0.3) is 0 Å². The molecule has 2 rings (SSSR count). The summed E-state index contributed by atoms with van der Waals surface area (Å²) in [6, 6.07) is 9.61. The number of amides is 1. The molecule has 4 nitrogen and oxygen atoms in total. The van der Waals surface area contributed by atoms with Crippen LogP contribution in [0.4, 0.5) is 0 Å². The zero-order valence-electron chi connectivity index (χ0n) is 14.3. The molecular formula is C19H29NO3. The number of rotatable bonds is 8. The van der Waals surface area contributed by atoms with E-state index in [1.807, 2.05) is 37.3 Å². The Kier molecular flexibility index (Phi) is 6.60. The number of carbonyl (C=O) groups is 1. The molecule has 1 aliphatic rings. The SMILES string of the molecule is COCCC1(C(=O)NC(C)C(O)Cc2ccccc2)CCCC1. The summed E-state index contributed by atoms with van der Waals surface area (Å²) in [4.78, 5) is 12.8. The first-order valence-electron chi connectivity index (χ1n) is 8.59. The maximum atomic E-state index is 12.8. The van der Waals surface area contributed by atoms with Crippen LogP contribution in [-0.2, 0) is 16.0 Å². The number of aliphatic hydroxyl groups is 1. The third kappa shape index (κ3) is 4.79. The zero-order valence-corrected chi connectivity index (χ0v) is 14.3. The monoisotopic (exact) mass is 319 g/mol. The number of benzene rings is 1. The van der Waals surface area contributed by atoms with Crippen molar-refractivity contribution in [1.29, 1.82) is 0 Å². The number of hydrogen-bond acceptors (Lipinski definition) is 3. The molecule has 0 saturated heterocycles. The highest BCUT2D eigenvalue weighted by molar-refractivity contribution is 5.83. The minimum absolute atomic E-state index is 0.0756. The molecule has 2 atom stereocenters. The Balaban J connectivity index is 1.92. The standard InChI is InChI=1S/C19H29NO3/c1-15(17(21)14-16-8-4-3-5-9-16)20-18(22)19(12-13-23-2)10-6-7-11-19/h3-5,8-9,15,17,21H,6-7,10-14H2,1-2H3,(H,20,22). The van der Waals surface area contributed by atoms with E-state index in [4.69, 9.17) is 4.74 Å². The lowest BCUT2D eigenvalue weighted by Gasteiger charge is -2.30. The minimum Gasteiger partial charge on any atom is -0.391 e. The molecule has 1 fully saturated rings. The molecule has 0 bridgehead atoms. The lowest BCUT2D eigenvalue weighted by atomic mass is 9.81. The topological polar surface area (TPSA) is 58.6 Å². The third-order valence-corrected chi connectivity index (χ3v) is 5.05. The van der Waals surface area contributed by atoms with Gasteiger partial charge in [0, 0.05) is 20.1 Å². The van der Waals surface area contributed by atoms with Gasteiger partial charge in [0.2, 0.25) is 5.91 Å². The first-order valence-corrected chi connectivity index (χ1v) is 8.59. The summed E-state index contributed by atoms with van der Waals surface area (Å²) in [5.74, 6) is 0.0756. The number of ether oxygens (including phenoxy) is 1. The predicted molar refractivity (Wildman–Crippen MR) is 91.2 cm³/mol. The van der Waals surface area contributed by atoms with Crippen molar-refractivity contribution < 1.29 is 14.6 Å². The van der Waals surface area contributed by atoms with Crippen molar-refractivity contribution in [2.24, 2.45) is 5.41 Å². The van der Waals surface area contributed by atoms with Gasteiger partial charge in [0.05, 0.1) is 17.6 Å². The maximum Gasteiger partial charge on any atom is 0.226 e. The van der Waals surface area contributed by atoms with Gasteiger partial charge in [-0.15, -0.1) is 0 Å². The van der Waals surface area contributed by atoms with Crippen molar-refractivity contribution in [3.63, 3.8) is 0 Å². The van der Waals surface area contributed by atoms with Gasteiger partial charge in [0.1, 0.15) is 0 Å². The minimum atomic E-state index is -0.581. The van der Waals surface area contributed by atoms with Crippen molar-refractivity contribution in [2.75, 3.05) is 13.7 Å². The van der Waals surface area contributed by atoms with Crippen LogP contribution < -0.4 is 5.32 Å². The number of hydrogen-bond donors (Lipinski definition) is 2. The van der Waals surface area contributed by atoms with Gasteiger partial charge in [-0.1, -0.05) is 43.2 Å². The molecule has 0 aromatic heterocycles. The van der Waals surface area contributed by atoms with Crippen LogP contribution in [0.2, 0.25) is 0 Å². The zero-order chi connectivity index (χ0) is 16.7. The van der Waals surface area contributed by atoms with E-state index in [9.17, 15) is 9.90 Å². The Morgan fingerprint density at radius 2 is 1.96 bits per heavy atom. The fourth-order valence-electron chi connectivity index (χ4n) is 3.43. The molecule has 0 heterocycles. The van der Waals surface area contributed by atoms with E-state index in [1.54, 1.807) is 7.11 Å². The van der Waals surface area contributed by atoms with Gasteiger partial charge in [-0.05, 0) is 31.7 Å². The van der Waals surface area contributed by atoms with E-state index < -0.39 is 6.10 Å². The Labute approximate surface area is 139 Å². The normalized spacial score (nSPS) is 19.3. The highest BCUT2D eigenvalue weighted by Crippen LogP contribution is 2.41. The van der Waals surface area contributed by atoms with Crippen LogP contribution in [-0.4, -0.2) is 36.9 Å². The van der Waals surface area contributed by atoms with E-state index >= 15 is 0 Å². The molecule has 1 aromatic rings. The molecule has 1 aromatic carbocycles. The van der Waals surface area contributed by atoms with Crippen LogP contribution in [0.3, 0.4) is 0 Å². The van der Waals surface area contributed by atoms with Crippen molar-refractivity contribution >= 4 is 5.91 Å². The largest absolute Gasteiger partial charge is 0.391 e. The predicted octanol–water partition coefficient (Wildman–Crippen LogP) is 2.69. The second-order valence-electron chi connectivity index (χ2n) is 6.75. The van der Waals surface area contributed by atoms with Gasteiger partial charge < -0.3 is 15.2 Å². The summed E-state index contributed by atoms with van der Waals surface area (Å²) in [5.41, 5.74) is 0.771. The first-order chi connectivity index (χ1) is 11.1. The second kappa shape index (κ2) is 8.46. The Hall–Kier alpha value is -1.39. The number of methoxy groups -OCH3 is 1. The smallest absolute Gasteiger partial charge is 0.226 e. The molecule has 23 heavy (non-hydrogen) atoms. The summed E-state index contributed by atoms with van der Waals surface area (Å²) in [6.45, 7) is 2.48. The van der Waals surface area contributed by atoms with Gasteiger partial charge in [-0.25, -0.2) is 0 Å². The molecular weight excluding hydrogens is 290 g/mol. The molecule has 1 aliphatic carbocycles. The van der Waals surface area contributed by atoms with Crippen LogP contribution in [0.1, 0.15) is 44.6 Å². The quantitative estimate of drug-likeness (QED) is 0.774. The summed E-state index contributed by atoms with van der Waals surface area (Å²) in [7, 11) is 1.67. The van der Waals surface area contributed by atoms with E-state index in [2.05, 4.69) is 5.32 Å². The van der Waals surface area contributed by atoms with Gasteiger partial charge in [0.15, 0.2) is 0 Å². The molecule has 0 radical (unpaired) electrons.